The Morgan fingerprint density at radius 3 is 2.80 bits per heavy atom. The van der Waals surface area contributed by atoms with Gasteiger partial charge in [0.2, 0.25) is 0 Å². The minimum absolute atomic E-state index is 0.0933. The third-order valence-electron chi connectivity index (χ3n) is 5.90. The molecule has 2 saturated heterocycles. The van der Waals surface area contributed by atoms with Crippen molar-refractivity contribution in [1.29, 1.82) is 0 Å². The van der Waals surface area contributed by atoms with Crippen molar-refractivity contribution in [1.82, 2.24) is 4.90 Å². The molecule has 0 amide bonds. The van der Waals surface area contributed by atoms with Crippen LogP contribution in [0, 0.1) is 5.92 Å². The van der Waals surface area contributed by atoms with Crippen molar-refractivity contribution in [2.24, 2.45) is 5.92 Å². The van der Waals surface area contributed by atoms with Gasteiger partial charge in [0, 0.05) is 12.0 Å². The van der Waals surface area contributed by atoms with Crippen LogP contribution >= 0.6 is 0 Å². The molecule has 0 aliphatic carbocycles. The van der Waals surface area contributed by atoms with E-state index in [-0.39, 0.29) is 5.97 Å². The van der Waals surface area contributed by atoms with Crippen molar-refractivity contribution >= 4 is 16.7 Å². The Morgan fingerprint density at radius 2 is 1.84 bits per heavy atom. The topological polar surface area (TPSA) is 29.5 Å². The second-order valence-corrected chi connectivity index (χ2v) is 7.50. The van der Waals surface area contributed by atoms with Crippen molar-refractivity contribution in [3.8, 4) is 0 Å². The van der Waals surface area contributed by atoms with Gasteiger partial charge in [0.05, 0.1) is 13.0 Å². The largest absolute Gasteiger partial charge is 0.465 e. The van der Waals surface area contributed by atoms with Crippen LogP contribution in [0.25, 0.3) is 10.8 Å². The standard InChI is InChI=1S/C22H27NO2/c24-22(15-18-9-5-8-17-7-1-2-11-20(17)18)25-16-19-10-6-14-23-13-4-3-12-21(19)23/h1-2,5,7-9,11,19,21H,3-4,6,10,12-16H2. The Labute approximate surface area is 150 Å². The highest BCUT2D eigenvalue weighted by atomic mass is 16.5. The second kappa shape index (κ2) is 7.57. The molecular weight excluding hydrogens is 310 g/mol. The van der Waals surface area contributed by atoms with Gasteiger partial charge in [-0.15, -0.1) is 0 Å². The third kappa shape index (κ3) is 3.72. The summed E-state index contributed by atoms with van der Waals surface area (Å²) in [6, 6.07) is 15.0. The Hall–Kier alpha value is -1.87. The smallest absolute Gasteiger partial charge is 0.310 e. The molecule has 2 atom stereocenters. The molecule has 0 N–H and O–H groups in total. The van der Waals surface area contributed by atoms with E-state index in [0.717, 1.165) is 10.9 Å². The van der Waals surface area contributed by atoms with Crippen molar-refractivity contribution in [3.63, 3.8) is 0 Å². The first-order valence-electron chi connectivity index (χ1n) is 9.67. The normalized spacial score (nSPS) is 24.0. The van der Waals surface area contributed by atoms with E-state index < -0.39 is 0 Å². The highest BCUT2D eigenvalue weighted by molar-refractivity contribution is 5.88. The van der Waals surface area contributed by atoms with Gasteiger partial charge in [-0.1, -0.05) is 48.9 Å². The number of carbonyl (C=O) groups is 1. The molecule has 132 valence electrons. The second-order valence-electron chi connectivity index (χ2n) is 7.50. The number of benzene rings is 2. The number of hydrogen-bond donors (Lipinski definition) is 0. The van der Waals surface area contributed by atoms with Gasteiger partial charge in [-0.25, -0.2) is 0 Å². The molecule has 4 rings (SSSR count). The lowest BCUT2D eigenvalue weighted by Gasteiger charge is -2.44. The maximum atomic E-state index is 12.4. The first-order chi connectivity index (χ1) is 12.3. The van der Waals surface area contributed by atoms with Crippen molar-refractivity contribution in [2.75, 3.05) is 19.7 Å². The molecule has 0 saturated carbocycles. The molecule has 0 aromatic heterocycles. The van der Waals surface area contributed by atoms with E-state index in [1.807, 2.05) is 24.3 Å². The Bertz CT molecular complexity index is 734. The number of esters is 1. The van der Waals surface area contributed by atoms with Crippen LogP contribution in [-0.4, -0.2) is 36.6 Å². The number of piperidine rings is 2. The molecule has 2 aliphatic rings. The highest BCUT2D eigenvalue weighted by Crippen LogP contribution is 2.31. The van der Waals surface area contributed by atoms with Crippen LogP contribution in [0.3, 0.4) is 0 Å². The summed E-state index contributed by atoms with van der Waals surface area (Å²) in [7, 11) is 0. The maximum Gasteiger partial charge on any atom is 0.310 e. The molecule has 3 nitrogen and oxygen atoms in total. The Kier molecular flexibility index (Phi) is 5.02. The molecule has 0 bridgehead atoms. The number of carbonyl (C=O) groups excluding carboxylic acids is 1. The van der Waals surface area contributed by atoms with Crippen LogP contribution < -0.4 is 0 Å². The van der Waals surface area contributed by atoms with E-state index in [2.05, 4.69) is 23.1 Å². The molecule has 2 aromatic rings. The minimum atomic E-state index is -0.0933. The summed E-state index contributed by atoms with van der Waals surface area (Å²) in [6.45, 7) is 3.04. The van der Waals surface area contributed by atoms with Crippen molar-refractivity contribution < 1.29 is 9.53 Å². The molecule has 2 fully saturated rings. The lowest BCUT2D eigenvalue weighted by molar-refractivity contribution is -0.145. The molecular formula is C22H27NO2. The van der Waals surface area contributed by atoms with Gasteiger partial charge >= 0.3 is 5.97 Å². The van der Waals surface area contributed by atoms with E-state index in [1.165, 1.54) is 50.6 Å². The monoisotopic (exact) mass is 337 g/mol. The number of hydrogen-bond acceptors (Lipinski definition) is 3. The summed E-state index contributed by atoms with van der Waals surface area (Å²) in [6.07, 6.45) is 6.71. The Morgan fingerprint density at radius 1 is 1.00 bits per heavy atom. The van der Waals surface area contributed by atoms with Crippen LogP contribution in [0.5, 0.6) is 0 Å². The van der Waals surface area contributed by atoms with E-state index in [1.54, 1.807) is 0 Å². The predicted octanol–water partition coefficient (Wildman–Crippen LogP) is 4.19. The first kappa shape index (κ1) is 16.6. The lowest BCUT2D eigenvalue weighted by atomic mass is 9.84. The van der Waals surface area contributed by atoms with E-state index in [0.29, 0.717) is 25.0 Å². The van der Waals surface area contributed by atoms with Crippen LogP contribution in [0.2, 0.25) is 0 Å². The predicted molar refractivity (Wildman–Crippen MR) is 101 cm³/mol. The van der Waals surface area contributed by atoms with Gasteiger partial charge in [-0.3, -0.25) is 9.69 Å². The maximum absolute atomic E-state index is 12.4. The van der Waals surface area contributed by atoms with Crippen molar-refractivity contribution in [2.45, 2.75) is 44.6 Å². The summed E-state index contributed by atoms with van der Waals surface area (Å²) in [5.41, 5.74) is 1.06. The molecule has 0 spiro atoms. The summed E-state index contributed by atoms with van der Waals surface area (Å²) < 4.78 is 5.72. The lowest BCUT2D eigenvalue weighted by Crippen LogP contribution is -2.49. The number of fused-ring (bicyclic) bond motifs is 2. The average Bonchev–Trinajstić information content (AvgIpc) is 2.66. The van der Waals surface area contributed by atoms with Crippen LogP contribution in [0.1, 0.15) is 37.7 Å². The summed E-state index contributed by atoms with van der Waals surface area (Å²) >= 11 is 0. The zero-order chi connectivity index (χ0) is 17.1. The van der Waals surface area contributed by atoms with Crippen molar-refractivity contribution in [3.05, 3.63) is 48.0 Å². The van der Waals surface area contributed by atoms with E-state index in [9.17, 15) is 4.79 Å². The minimum Gasteiger partial charge on any atom is -0.465 e. The highest BCUT2D eigenvalue weighted by Gasteiger charge is 2.33. The summed E-state index contributed by atoms with van der Waals surface area (Å²) in [4.78, 5) is 15.0. The number of ether oxygens (including phenoxy) is 1. The van der Waals surface area contributed by atoms with Gasteiger partial charge in [0.1, 0.15) is 0 Å². The third-order valence-corrected chi connectivity index (χ3v) is 5.90. The average molecular weight is 337 g/mol. The van der Waals surface area contributed by atoms with Gasteiger partial charge in [0.15, 0.2) is 0 Å². The summed E-state index contributed by atoms with van der Waals surface area (Å²) in [5, 5.41) is 2.33. The van der Waals surface area contributed by atoms with Gasteiger partial charge in [-0.05, 0) is 55.1 Å². The first-order valence-corrected chi connectivity index (χ1v) is 9.67. The molecule has 2 heterocycles. The quantitative estimate of drug-likeness (QED) is 0.784. The SMILES string of the molecule is O=C(Cc1cccc2ccccc12)OCC1CCCN2CCCCC12. The molecule has 25 heavy (non-hydrogen) atoms. The van der Waals surface area contributed by atoms with Crippen LogP contribution in [0.4, 0.5) is 0 Å². The molecule has 2 aliphatic heterocycles. The zero-order valence-corrected chi connectivity index (χ0v) is 14.8. The number of rotatable bonds is 4. The molecule has 0 radical (unpaired) electrons. The van der Waals surface area contributed by atoms with Gasteiger partial charge < -0.3 is 4.74 Å². The molecule has 2 aromatic carbocycles. The molecule has 2 unspecified atom stereocenters. The van der Waals surface area contributed by atoms with E-state index in [4.69, 9.17) is 4.74 Å². The summed E-state index contributed by atoms with van der Waals surface area (Å²) in [5.74, 6) is 0.426. The van der Waals surface area contributed by atoms with E-state index >= 15 is 0 Å². The Balaban J connectivity index is 1.37. The number of nitrogens with zero attached hydrogens (tertiary/aromatic N) is 1. The molecule has 3 heteroatoms. The zero-order valence-electron chi connectivity index (χ0n) is 14.8. The fourth-order valence-corrected chi connectivity index (χ4v) is 4.62. The fourth-order valence-electron chi connectivity index (χ4n) is 4.62. The van der Waals surface area contributed by atoms with Crippen LogP contribution in [0.15, 0.2) is 42.5 Å². The van der Waals surface area contributed by atoms with Crippen LogP contribution in [-0.2, 0) is 16.0 Å². The van der Waals surface area contributed by atoms with Gasteiger partial charge in [0.25, 0.3) is 0 Å². The fraction of sp³-hybridized carbons (Fsp3) is 0.500. The van der Waals surface area contributed by atoms with Gasteiger partial charge in [-0.2, -0.15) is 0 Å².